The maximum atomic E-state index is 12.3. The Kier molecular flexibility index (Phi) is 4.61. The van der Waals surface area contributed by atoms with Crippen LogP contribution in [0.1, 0.15) is 64.5 Å². The summed E-state index contributed by atoms with van der Waals surface area (Å²) in [5.41, 5.74) is 6.94. The second-order valence-corrected chi connectivity index (χ2v) is 9.45. The van der Waals surface area contributed by atoms with Gasteiger partial charge in [-0.2, -0.15) is 5.10 Å². The number of carbonyl (C=O) groups excluding carboxylic acids is 1. The number of nitrogens with zero attached hydrogens (tertiary/aromatic N) is 2. The molecular weight excluding hydrogens is 344 g/mol. The van der Waals surface area contributed by atoms with Gasteiger partial charge in [0.15, 0.2) is 0 Å². The fourth-order valence-corrected chi connectivity index (χ4v) is 4.94. The van der Waals surface area contributed by atoms with E-state index >= 15 is 0 Å². The number of anilines is 1. The molecule has 3 N–H and O–H groups in total. The van der Waals surface area contributed by atoms with Crippen LogP contribution in [0.15, 0.2) is 6.07 Å². The quantitative estimate of drug-likeness (QED) is 0.843. The number of aromatic nitrogens is 2. The molecule has 1 aromatic heterocycles. The van der Waals surface area contributed by atoms with E-state index in [0.717, 1.165) is 24.5 Å². The molecule has 1 amide bonds. The molecule has 0 radical (unpaired) electrons. The molecule has 6 atom stereocenters. The largest absolute Gasteiger partial charge is 0.443 e. The minimum atomic E-state index is -0.308. The maximum absolute atomic E-state index is 12.3. The Morgan fingerprint density at radius 3 is 2.52 bits per heavy atom. The van der Waals surface area contributed by atoms with E-state index in [9.17, 15) is 4.79 Å². The monoisotopic (exact) mass is 376 g/mol. The van der Waals surface area contributed by atoms with Gasteiger partial charge in [0.1, 0.15) is 11.9 Å². The molecule has 27 heavy (non-hydrogen) atoms. The average molecular weight is 377 g/mol. The number of rotatable bonds is 4. The van der Waals surface area contributed by atoms with E-state index in [2.05, 4.69) is 26.1 Å². The van der Waals surface area contributed by atoms with Crippen molar-refractivity contribution in [1.82, 2.24) is 15.1 Å². The number of carbonyl (C=O) groups is 1. The summed E-state index contributed by atoms with van der Waals surface area (Å²) < 4.78 is 13.2. The number of alkyl carbamates (subject to hydrolysis) is 1. The molecule has 7 nitrogen and oxygen atoms in total. The van der Waals surface area contributed by atoms with Crippen LogP contribution in [0, 0.1) is 11.8 Å². The molecule has 0 spiro atoms. The summed E-state index contributed by atoms with van der Waals surface area (Å²) in [6.07, 6.45) is 4.48. The van der Waals surface area contributed by atoms with E-state index < -0.39 is 0 Å². The second-order valence-electron chi connectivity index (χ2n) is 9.45. The zero-order valence-electron chi connectivity index (χ0n) is 16.8. The molecule has 1 aromatic rings. The van der Waals surface area contributed by atoms with Gasteiger partial charge in [0.2, 0.25) is 0 Å². The lowest BCUT2D eigenvalue weighted by atomic mass is 9.56. The highest BCUT2D eigenvalue weighted by atomic mass is 16.6. The first-order valence-corrected chi connectivity index (χ1v) is 10.1. The topological polar surface area (TPSA) is 91.4 Å². The number of amides is 1. The number of hydrogen-bond donors (Lipinski definition) is 2. The summed E-state index contributed by atoms with van der Waals surface area (Å²) in [6, 6.07) is 2.24. The summed E-state index contributed by atoms with van der Waals surface area (Å²) in [4.78, 5) is 12.3. The van der Waals surface area contributed by atoms with Gasteiger partial charge in [-0.05, 0) is 64.7 Å². The van der Waals surface area contributed by atoms with Crippen LogP contribution in [-0.2, 0) is 15.0 Å². The molecule has 1 heterocycles. The van der Waals surface area contributed by atoms with Crippen molar-refractivity contribution in [2.75, 3.05) is 12.8 Å². The number of nitrogen functional groups attached to an aromatic ring is 1. The molecular formula is C20H32N4O3. The van der Waals surface area contributed by atoms with Gasteiger partial charge < -0.3 is 20.5 Å². The van der Waals surface area contributed by atoms with Gasteiger partial charge in [-0.15, -0.1) is 0 Å². The Hall–Kier alpha value is -1.76. The molecule has 0 aromatic carbocycles. The Bertz CT molecular complexity index is 711. The lowest BCUT2D eigenvalue weighted by molar-refractivity contribution is -0.0214. The zero-order valence-corrected chi connectivity index (χ0v) is 16.8. The Labute approximate surface area is 161 Å². The zero-order chi connectivity index (χ0) is 19.3. The van der Waals surface area contributed by atoms with Crippen LogP contribution in [0.2, 0.25) is 0 Å². The van der Waals surface area contributed by atoms with Crippen molar-refractivity contribution < 1.29 is 14.3 Å². The highest BCUT2D eigenvalue weighted by Gasteiger charge is 2.48. The molecule has 150 valence electrons. The second kappa shape index (κ2) is 6.69. The van der Waals surface area contributed by atoms with Crippen molar-refractivity contribution in [3.63, 3.8) is 0 Å². The van der Waals surface area contributed by atoms with Gasteiger partial charge in [0.25, 0.3) is 0 Å². The lowest BCUT2D eigenvalue weighted by Crippen LogP contribution is -2.57. The van der Waals surface area contributed by atoms with Crippen molar-refractivity contribution in [2.45, 2.75) is 82.6 Å². The summed E-state index contributed by atoms with van der Waals surface area (Å²) in [7, 11) is 1.67. The number of hydrogen-bond acceptors (Lipinski definition) is 5. The fraction of sp³-hybridized carbons (Fsp3) is 0.800. The normalized spacial score (nSPS) is 35.1. The molecule has 3 aliphatic carbocycles. The van der Waals surface area contributed by atoms with Crippen molar-refractivity contribution in [3.05, 3.63) is 11.8 Å². The van der Waals surface area contributed by atoms with E-state index in [0.29, 0.717) is 24.2 Å². The Balaban J connectivity index is 1.37. The van der Waals surface area contributed by atoms with Crippen LogP contribution in [0.25, 0.3) is 0 Å². The first kappa shape index (κ1) is 18.6. The van der Waals surface area contributed by atoms with Crippen LogP contribution in [0.3, 0.4) is 0 Å². The minimum absolute atomic E-state index is 0.111. The molecule has 3 aliphatic rings. The standard InChI is InChI=1S/C20H32N4O3/c1-20(2,3)24-18(21)10-14(23-24)12-8-16(26-4)17(9-12)27-19(25)22-15-7-11-5-6-13(11)15/h10-13,15-17H,5-9,21H2,1-4H3,(H,22,25)/t11?,12-,13?,15?,16+,17-/m0/s1. The maximum Gasteiger partial charge on any atom is 0.407 e. The molecule has 0 saturated heterocycles. The van der Waals surface area contributed by atoms with Crippen LogP contribution < -0.4 is 11.1 Å². The van der Waals surface area contributed by atoms with Crippen molar-refractivity contribution in [2.24, 2.45) is 11.8 Å². The number of nitrogens with one attached hydrogen (secondary N) is 1. The third kappa shape index (κ3) is 3.42. The van der Waals surface area contributed by atoms with Crippen LogP contribution >= 0.6 is 0 Å². The van der Waals surface area contributed by atoms with E-state index in [4.69, 9.17) is 20.3 Å². The van der Waals surface area contributed by atoms with Gasteiger partial charge in [-0.25, -0.2) is 9.48 Å². The highest BCUT2D eigenvalue weighted by molar-refractivity contribution is 5.68. The summed E-state index contributed by atoms with van der Waals surface area (Å²) in [5.74, 6) is 2.35. The Morgan fingerprint density at radius 1 is 1.26 bits per heavy atom. The molecule has 0 aliphatic heterocycles. The van der Waals surface area contributed by atoms with Crippen molar-refractivity contribution in [3.8, 4) is 0 Å². The summed E-state index contributed by atoms with van der Waals surface area (Å²) in [5, 5.41) is 7.77. The third-order valence-electron chi connectivity index (χ3n) is 6.67. The first-order chi connectivity index (χ1) is 12.8. The van der Waals surface area contributed by atoms with Crippen molar-refractivity contribution >= 4 is 11.9 Å². The number of fused-ring (bicyclic) bond motifs is 1. The average Bonchev–Trinajstić information content (AvgIpc) is 3.14. The highest BCUT2D eigenvalue weighted by Crippen LogP contribution is 2.50. The Morgan fingerprint density at radius 2 is 2.00 bits per heavy atom. The van der Waals surface area contributed by atoms with Gasteiger partial charge in [0, 0.05) is 25.1 Å². The van der Waals surface area contributed by atoms with Gasteiger partial charge in [0.05, 0.1) is 17.3 Å². The molecule has 7 heteroatoms. The van der Waals surface area contributed by atoms with E-state index in [1.807, 2.05) is 10.7 Å². The number of ether oxygens (including phenoxy) is 2. The minimum Gasteiger partial charge on any atom is -0.443 e. The summed E-state index contributed by atoms with van der Waals surface area (Å²) >= 11 is 0. The van der Waals surface area contributed by atoms with E-state index in [1.165, 1.54) is 12.8 Å². The van der Waals surface area contributed by atoms with E-state index in [-0.39, 0.29) is 29.8 Å². The van der Waals surface area contributed by atoms with E-state index in [1.54, 1.807) is 7.11 Å². The first-order valence-electron chi connectivity index (χ1n) is 10.1. The number of nitrogens with two attached hydrogens (primary N) is 1. The summed E-state index contributed by atoms with van der Waals surface area (Å²) in [6.45, 7) is 6.24. The van der Waals surface area contributed by atoms with Gasteiger partial charge >= 0.3 is 6.09 Å². The predicted octanol–water partition coefficient (Wildman–Crippen LogP) is 3.01. The molecule has 3 saturated carbocycles. The van der Waals surface area contributed by atoms with Crippen molar-refractivity contribution in [1.29, 1.82) is 0 Å². The smallest absolute Gasteiger partial charge is 0.407 e. The van der Waals surface area contributed by atoms with Gasteiger partial charge in [-0.3, -0.25) is 0 Å². The molecule has 4 rings (SSSR count). The molecule has 3 unspecified atom stereocenters. The molecule has 0 bridgehead atoms. The van der Waals surface area contributed by atoms with Crippen LogP contribution in [-0.4, -0.2) is 41.2 Å². The van der Waals surface area contributed by atoms with Crippen LogP contribution in [0.5, 0.6) is 0 Å². The molecule has 3 fully saturated rings. The SMILES string of the molecule is CO[C@@H]1C[C@H](c2cc(N)n(C(C)(C)C)n2)C[C@@H]1OC(=O)NC1CC2CCC21. The predicted molar refractivity (Wildman–Crippen MR) is 102 cm³/mol. The lowest BCUT2D eigenvalue weighted by Gasteiger charge is -2.52. The van der Waals surface area contributed by atoms with Crippen LogP contribution in [0.4, 0.5) is 10.6 Å². The number of methoxy groups -OCH3 is 1. The third-order valence-corrected chi connectivity index (χ3v) is 6.67. The fourth-order valence-electron chi connectivity index (χ4n) is 4.94. The van der Waals surface area contributed by atoms with Gasteiger partial charge in [-0.1, -0.05) is 0 Å².